The van der Waals surface area contributed by atoms with Gasteiger partial charge in [0.25, 0.3) is 0 Å². The topological polar surface area (TPSA) is 113 Å². The van der Waals surface area contributed by atoms with E-state index in [2.05, 4.69) is 10.3 Å². The fraction of sp³-hybridized carbons (Fsp3) is 0.167. The van der Waals surface area contributed by atoms with E-state index in [9.17, 15) is 22.4 Å². The van der Waals surface area contributed by atoms with Crippen LogP contribution in [0.5, 0.6) is 0 Å². The molecule has 1 aliphatic rings. The van der Waals surface area contributed by atoms with Crippen molar-refractivity contribution in [3.05, 3.63) is 52.8 Å². The van der Waals surface area contributed by atoms with Gasteiger partial charge in [0, 0.05) is 10.9 Å². The summed E-state index contributed by atoms with van der Waals surface area (Å²) in [6.45, 7) is 1.63. The number of hydrogen-bond donors (Lipinski definition) is 2. The molecule has 0 radical (unpaired) electrons. The summed E-state index contributed by atoms with van der Waals surface area (Å²) in [5, 5.41) is 11.8. The summed E-state index contributed by atoms with van der Waals surface area (Å²) in [6, 6.07) is 7.01. The van der Waals surface area contributed by atoms with Gasteiger partial charge in [-0.05, 0) is 48.9 Å². The van der Waals surface area contributed by atoms with Crippen LogP contribution in [0.15, 0.2) is 51.2 Å². The molecule has 0 saturated carbocycles. The van der Waals surface area contributed by atoms with E-state index in [1.54, 1.807) is 6.92 Å². The van der Waals surface area contributed by atoms with E-state index >= 15 is 0 Å². The largest absolute Gasteiger partial charge is 0.481 e. The summed E-state index contributed by atoms with van der Waals surface area (Å²) >= 11 is 0. The first kappa shape index (κ1) is 18.7. The second kappa shape index (κ2) is 6.92. The first-order valence-electron chi connectivity index (χ1n) is 7.92. The van der Waals surface area contributed by atoms with Crippen LogP contribution in [-0.2, 0) is 19.4 Å². The maximum atomic E-state index is 14.6. The Bertz CT molecular complexity index is 1160. The molecule has 2 N–H and O–H groups in total. The number of amides is 1. The van der Waals surface area contributed by atoms with E-state index in [0.717, 1.165) is 6.07 Å². The van der Waals surface area contributed by atoms with E-state index in [1.807, 2.05) is 0 Å². The Hall–Kier alpha value is -3.07. The van der Waals surface area contributed by atoms with E-state index in [-0.39, 0.29) is 21.0 Å². The van der Waals surface area contributed by atoms with Gasteiger partial charge in [-0.2, -0.15) is 0 Å². The van der Waals surface area contributed by atoms with Gasteiger partial charge in [0.05, 0.1) is 22.7 Å². The van der Waals surface area contributed by atoms with Crippen molar-refractivity contribution in [1.82, 2.24) is 0 Å². The lowest BCUT2D eigenvalue weighted by Gasteiger charge is -2.10. The number of halogens is 1. The van der Waals surface area contributed by atoms with E-state index in [4.69, 9.17) is 5.11 Å². The molecule has 0 saturated heterocycles. The number of sulfone groups is 1. The number of hydrogen-bond acceptors (Lipinski definition) is 5. The second-order valence-corrected chi connectivity index (χ2v) is 7.85. The maximum Gasteiger partial charge on any atom is 0.307 e. The van der Waals surface area contributed by atoms with Gasteiger partial charge in [-0.3, -0.25) is 14.6 Å². The van der Waals surface area contributed by atoms with Crippen LogP contribution in [0.4, 0.5) is 10.1 Å². The highest BCUT2D eigenvalue weighted by atomic mass is 32.2. The minimum absolute atomic E-state index is 0.0139. The Morgan fingerprint density at radius 1 is 1.26 bits per heavy atom. The van der Waals surface area contributed by atoms with Gasteiger partial charge in [-0.25, -0.2) is 12.8 Å². The molecular weight excluding hydrogens is 375 g/mol. The Labute approximate surface area is 153 Å². The van der Waals surface area contributed by atoms with Crippen molar-refractivity contribution in [3.8, 4) is 0 Å². The Morgan fingerprint density at radius 3 is 2.52 bits per heavy atom. The van der Waals surface area contributed by atoms with Crippen molar-refractivity contribution in [2.45, 2.75) is 29.2 Å². The van der Waals surface area contributed by atoms with Gasteiger partial charge in [0.2, 0.25) is 16.2 Å². The average molecular weight is 390 g/mol. The number of anilines is 1. The molecule has 2 aromatic rings. The zero-order chi connectivity index (χ0) is 19.8. The number of rotatable bonds is 6. The van der Waals surface area contributed by atoms with Crippen molar-refractivity contribution >= 4 is 33.5 Å². The summed E-state index contributed by atoms with van der Waals surface area (Å²) in [7, 11) is -4.28. The van der Waals surface area contributed by atoms with E-state index < -0.39 is 39.0 Å². The zero-order valence-electron chi connectivity index (χ0n) is 14.1. The molecule has 1 heterocycles. The maximum absolute atomic E-state index is 14.6. The molecule has 27 heavy (non-hydrogen) atoms. The Kier molecular flexibility index (Phi) is 4.79. The van der Waals surface area contributed by atoms with Crippen molar-refractivity contribution in [2.75, 3.05) is 5.32 Å². The summed E-state index contributed by atoms with van der Waals surface area (Å²) in [4.78, 5) is 25.1. The third kappa shape index (κ3) is 3.33. The van der Waals surface area contributed by atoms with Gasteiger partial charge in [-0.1, -0.05) is 0 Å². The smallest absolute Gasteiger partial charge is 0.307 e. The summed E-state index contributed by atoms with van der Waals surface area (Å²) < 4.78 is 40.8. The number of carbonyl (C=O) groups is 2. The lowest BCUT2D eigenvalue weighted by atomic mass is 10.0. The molecule has 9 heteroatoms. The molecule has 1 aliphatic heterocycles. The van der Waals surface area contributed by atoms with Gasteiger partial charge in [-0.15, -0.1) is 0 Å². The predicted octanol–water partition coefficient (Wildman–Crippen LogP) is 0.874. The number of benzene rings is 2. The molecule has 1 amide bonds. The minimum atomic E-state index is -4.28. The summed E-state index contributed by atoms with van der Waals surface area (Å²) in [5.41, 5.74) is 0.624. The summed E-state index contributed by atoms with van der Waals surface area (Å²) in [5.74, 6) is -2.13. The molecule has 0 spiro atoms. The van der Waals surface area contributed by atoms with Crippen LogP contribution in [0.2, 0.25) is 0 Å². The van der Waals surface area contributed by atoms with E-state index in [1.165, 1.54) is 30.3 Å². The quantitative estimate of drug-likeness (QED) is 0.711. The molecule has 0 aliphatic carbocycles. The third-order valence-electron chi connectivity index (χ3n) is 4.25. The van der Waals surface area contributed by atoms with Crippen LogP contribution in [0, 0.1) is 5.82 Å². The molecular formula is C18H15FN2O5S. The van der Waals surface area contributed by atoms with Crippen molar-refractivity contribution in [2.24, 2.45) is 4.99 Å². The fourth-order valence-electron chi connectivity index (χ4n) is 3.04. The first-order valence-corrected chi connectivity index (χ1v) is 9.40. The standard InChI is InChI=1S/C18H15FN2O5S/c1-10-13(8-16(23)24)17-15(21-10)7-6-14(19)18(17)27(25,26)12-4-2-11(3-5-12)20-9-22/h2-7,9-10H,8H2,1H3,(H,20,22)(H,23,24). The molecule has 7 nitrogen and oxygen atoms in total. The lowest BCUT2D eigenvalue weighted by molar-refractivity contribution is -0.135. The van der Waals surface area contributed by atoms with Crippen LogP contribution < -0.4 is 15.9 Å². The van der Waals surface area contributed by atoms with E-state index in [0.29, 0.717) is 12.1 Å². The molecule has 2 aromatic carbocycles. The molecule has 1 atom stereocenters. The molecule has 0 bridgehead atoms. The minimum Gasteiger partial charge on any atom is -0.481 e. The number of carbonyl (C=O) groups excluding carboxylic acids is 1. The molecule has 3 rings (SSSR count). The number of fused-ring (bicyclic) bond motifs is 1. The highest BCUT2D eigenvalue weighted by molar-refractivity contribution is 7.91. The van der Waals surface area contributed by atoms with Crippen LogP contribution in [0.1, 0.15) is 13.3 Å². The number of carboxylic acid groups (broad SMARTS) is 1. The van der Waals surface area contributed by atoms with Crippen molar-refractivity contribution < 1.29 is 27.5 Å². The fourth-order valence-corrected chi connectivity index (χ4v) is 4.60. The van der Waals surface area contributed by atoms with Gasteiger partial charge < -0.3 is 10.4 Å². The Morgan fingerprint density at radius 2 is 1.93 bits per heavy atom. The summed E-state index contributed by atoms with van der Waals surface area (Å²) in [6.07, 6.45) is 0.00904. The first-order chi connectivity index (χ1) is 12.8. The average Bonchev–Trinajstić information content (AvgIpc) is 2.90. The number of nitrogens with one attached hydrogen (secondary N) is 1. The number of nitrogens with zero attached hydrogens (tertiary/aromatic N) is 1. The van der Waals surface area contributed by atoms with Crippen LogP contribution in [-0.4, -0.2) is 31.9 Å². The molecule has 0 aromatic heterocycles. The van der Waals surface area contributed by atoms with Gasteiger partial charge >= 0.3 is 5.97 Å². The Balaban J connectivity index is 2.28. The predicted molar refractivity (Wildman–Crippen MR) is 93.9 cm³/mol. The van der Waals surface area contributed by atoms with Crippen LogP contribution in [0.3, 0.4) is 0 Å². The highest BCUT2D eigenvalue weighted by Gasteiger charge is 2.29. The number of aliphatic carboxylic acids is 1. The highest BCUT2D eigenvalue weighted by Crippen LogP contribution is 2.24. The SMILES string of the molecule is CC1N=c2ccc(F)c(S(=O)(=O)c3ccc(NC=O)cc3)c2=C1CC(=O)O. The van der Waals surface area contributed by atoms with Gasteiger partial charge in [0.15, 0.2) is 0 Å². The normalized spacial score (nSPS) is 15.8. The van der Waals surface area contributed by atoms with Crippen LogP contribution >= 0.6 is 0 Å². The zero-order valence-corrected chi connectivity index (χ0v) is 15.0. The van der Waals surface area contributed by atoms with Crippen LogP contribution in [0.25, 0.3) is 5.57 Å². The number of carboxylic acids is 1. The molecule has 140 valence electrons. The third-order valence-corrected chi connectivity index (χ3v) is 6.08. The molecule has 1 unspecified atom stereocenters. The van der Waals surface area contributed by atoms with Gasteiger partial charge in [0.1, 0.15) is 10.7 Å². The van der Waals surface area contributed by atoms with Crippen molar-refractivity contribution in [3.63, 3.8) is 0 Å². The lowest BCUT2D eigenvalue weighted by Crippen LogP contribution is -2.32. The monoisotopic (exact) mass is 390 g/mol. The molecule has 0 fully saturated rings. The van der Waals surface area contributed by atoms with Crippen molar-refractivity contribution in [1.29, 1.82) is 0 Å². The second-order valence-electron chi connectivity index (χ2n) is 5.96.